The number of fused-ring (bicyclic) bond motifs is 5. The molecule has 0 saturated heterocycles. The van der Waals surface area contributed by atoms with Crippen LogP contribution in [0.3, 0.4) is 0 Å². The van der Waals surface area contributed by atoms with E-state index in [1.54, 1.807) is 24.3 Å². The summed E-state index contributed by atoms with van der Waals surface area (Å²) in [6.45, 7) is 2.00. The second-order valence-electron chi connectivity index (χ2n) is 10.8. The fourth-order valence-corrected chi connectivity index (χ4v) is 6.24. The fourth-order valence-electron chi connectivity index (χ4n) is 6.24. The van der Waals surface area contributed by atoms with Crippen molar-refractivity contribution >= 4 is 47.1 Å². The van der Waals surface area contributed by atoms with Crippen LogP contribution in [0.15, 0.2) is 64.6 Å². The number of benzene rings is 3. The van der Waals surface area contributed by atoms with E-state index < -0.39 is 24.8 Å². The van der Waals surface area contributed by atoms with Gasteiger partial charge >= 0.3 is 7.12 Å². The second kappa shape index (κ2) is 9.39. The van der Waals surface area contributed by atoms with Gasteiger partial charge in [-0.25, -0.2) is 8.78 Å². The number of anilines is 2. The molecule has 0 bridgehead atoms. The lowest BCUT2D eigenvalue weighted by Crippen LogP contribution is -2.39. The zero-order valence-electron chi connectivity index (χ0n) is 22.3. The van der Waals surface area contributed by atoms with E-state index in [0.717, 1.165) is 18.3 Å². The maximum atomic E-state index is 15.3. The molecule has 41 heavy (non-hydrogen) atoms. The van der Waals surface area contributed by atoms with Crippen LogP contribution >= 0.6 is 0 Å². The van der Waals surface area contributed by atoms with E-state index in [2.05, 4.69) is 11.4 Å². The van der Waals surface area contributed by atoms with Crippen molar-refractivity contribution in [2.45, 2.75) is 31.9 Å². The van der Waals surface area contributed by atoms with Crippen LogP contribution in [-0.2, 0) is 16.1 Å². The molecule has 10 heteroatoms. The van der Waals surface area contributed by atoms with Crippen molar-refractivity contribution in [2.75, 3.05) is 11.9 Å². The highest BCUT2D eigenvalue weighted by Crippen LogP contribution is 2.55. The van der Waals surface area contributed by atoms with Gasteiger partial charge in [0.25, 0.3) is 5.91 Å². The van der Waals surface area contributed by atoms with Crippen LogP contribution < -0.4 is 15.7 Å². The molecule has 3 heterocycles. The highest BCUT2D eigenvalue weighted by molar-refractivity contribution is 6.61. The summed E-state index contributed by atoms with van der Waals surface area (Å²) in [5.74, 6) is -1.20. The monoisotopic (exact) mass is 554 g/mol. The van der Waals surface area contributed by atoms with Crippen molar-refractivity contribution in [1.82, 2.24) is 5.32 Å². The summed E-state index contributed by atoms with van der Waals surface area (Å²) in [5, 5.41) is 13.4. The molecule has 1 aromatic heterocycles. The fraction of sp³-hybridized carbons (Fsp3) is 0.226. The van der Waals surface area contributed by atoms with Crippen LogP contribution in [0.4, 0.5) is 20.2 Å². The summed E-state index contributed by atoms with van der Waals surface area (Å²) in [7, 11) is 0.193. The molecule has 2 aliphatic heterocycles. The smallest absolute Gasteiger partial charge is 0.455 e. The number of furan rings is 1. The summed E-state index contributed by atoms with van der Waals surface area (Å²) in [6, 6.07) is 11.8. The van der Waals surface area contributed by atoms with Crippen molar-refractivity contribution in [3.8, 4) is 11.3 Å². The van der Waals surface area contributed by atoms with Crippen LogP contribution in [0.5, 0.6) is 0 Å². The first kappa shape index (κ1) is 25.7. The maximum Gasteiger partial charge on any atom is 0.494 e. The molecule has 1 amide bonds. The van der Waals surface area contributed by atoms with Crippen molar-refractivity contribution in [2.24, 2.45) is 5.92 Å². The minimum atomic E-state index is -1.34. The summed E-state index contributed by atoms with van der Waals surface area (Å²) in [6.07, 6.45) is 3.76. The van der Waals surface area contributed by atoms with Crippen LogP contribution in [0, 0.1) is 17.6 Å². The van der Waals surface area contributed by atoms with Crippen molar-refractivity contribution in [3.63, 3.8) is 0 Å². The van der Waals surface area contributed by atoms with E-state index in [1.165, 1.54) is 30.8 Å². The molecule has 3 atom stereocenters. The predicted octanol–water partition coefficient (Wildman–Crippen LogP) is 4.72. The largest absolute Gasteiger partial charge is 0.494 e. The molecule has 4 aromatic rings. The van der Waals surface area contributed by atoms with Crippen molar-refractivity contribution in [3.05, 3.63) is 88.5 Å². The highest BCUT2D eigenvalue weighted by Gasteiger charge is 2.41. The molecule has 1 aliphatic carbocycles. The number of carbonyl (C=O) groups is 2. The molecular formula is C31H25BF2N2O5. The molecule has 2 N–H and O–H groups in total. The lowest BCUT2D eigenvalue weighted by atomic mass is 9.79. The Labute approximate surface area is 234 Å². The molecule has 0 spiro atoms. The number of carbonyl (C=O) groups excluding carboxylic acids is 2. The van der Waals surface area contributed by atoms with Gasteiger partial charge in [0, 0.05) is 52.7 Å². The van der Waals surface area contributed by atoms with E-state index in [9.17, 15) is 19.0 Å². The minimum absolute atomic E-state index is 0.0453. The topological polar surface area (TPSA) is 92.0 Å². The Morgan fingerprint density at radius 1 is 1.17 bits per heavy atom. The van der Waals surface area contributed by atoms with E-state index in [4.69, 9.17) is 9.07 Å². The Kier molecular flexibility index (Phi) is 5.88. The summed E-state index contributed by atoms with van der Waals surface area (Å²) in [5.41, 5.74) is 5.06. The number of hydrogen-bond donors (Lipinski definition) is 2. The highest BCUT2D eigenvalue weighted by atomic mass is 19.1. The average molecular weight is 554 g/mol. The predicted molar refractivity (Wildman–Crippen MR) is 150 cm³/mol. The van der Waals surface area contributed by atoms with Crippen LogP contribution in [0.1, 0.15) is 40.7 Å². The molecule has 3 unspecified atom stereocenters. The normalized spacial score (nSPS) is 21.0. The quantitative estimate of drug-likeness (QED) is 0.216. The third-order valence-electron chi connectivity index (χ3n) is 8.34. The van der Waals surface area contributed by atoms with Gasteiger partial charge in [0.05, 0.1) is 18.2 Å². The Morgan fingerprint density at radius 2 is 1.95 bits per heavy atom. The number of halogens is 2. The Morgan fingerprint density at radius 3 is 2.68 bits per heavy atom. The van der Waals surface area contributed by atoms with E-state index in [0.29, 0.717) is 44.8 Å². The first-order chi connectivity index (χ1) is 19.8. The lowest BCUT2D eigenvalue weighted by Gasteiger charge is -2.36. The maximum absolute atomic E-state index is 15.3. The van der Waals surface area contributed by atoms with E-state index in [1.807, 2.05) is 17.9 Å². The van der Waals surface area contributed by atoms with Gasteiger partial charge in [0.1, 0.15) is 29.3 Å². The molecule has 7 nitrogen and oxygen atoms in total. The van der Waals surface area contributed by atoms with Gasteiger partial charge in [-0.05, 0) is 60.0 Å². The standard InChI is InChI=1S/C31H25BF2N2O5/c1-15-7-17-9-21(17)22-11-23-27(41-30(28(23)31(38)35-2)16-3-5-19(33)6-4-16)12-25(22)36(26(15)13-37)20-8-18-14-40-32(39)29(18)24(34)10-20/h3-8,10-13,15,21,26,39H,9,14H2,1-2H3,(H,35,38). The average Bonchev–Trinajstić information content (AvgIpc) is 3.44. The lowest BCUT2D eigenvalue weighted by molar-refractivity contribution is -0.109. The first-order valence-electron chi connectivity index (χ1n) is 13.4. The van der Waals surface area contributed by atoms with Gasteiger partial charge in [-0.15, -0.1) is 0 Å². The number of nitrogens with one attached hydrogen (secondary N) is 1. The van der Waals surface area contributed by atoms with Gasteiger partial charge in [0.15, 0.2) is 0 Å². The summed E-state index contributed by atoms with van der Waals surface area (Å²) in [4.78, 5) is 27.6. The minimum Gasteiger partial charge on any atom is -0.455 e. The van der Waals surface area contributed by atoms with Gasteiger partial charge in [-0.3, -0.25) is 4.79 Å². The molecule has 3 aliphatic rings. The van der Waals surface area contributed by atoms with Crippen molar-refractivity contribution < 1.29 is 32.5 Å². The Bertz CT molecular complexity index is 1780. The number of hydrogen-bond acceptors (Lipinski definition) is 6. The number of nitrogens with zero attached hydrogens (tertiary/aromatic N) is 1. The van der Waals surface area contributed by atoms with Gasteiger partial charge in [-0.1, -0.05) is 18.6 Å². The molecule has 1 saturated carbocycles. The van der Waals surface area contributed by atoms with Gasteiger partial charge < -0.3 is 29.1 Å². The first-order valence-corrected chi connectivity index (χ1v) is 13.4. The third kappa shape index (κ3) is 4.00. The number of amides is 1. The molecule has 7 rings (SSSR count). The zero-order valence-corrected chi connectivity index (χ0v) is 22.3. The molecule has 3 aromatic carbocycles. The van der Waals surface area contributed by atoms with Crippen LogP contribution in [-0.4, -0.2) is 37.4 Å². The Balaban J connectivity index is 1.49. The van der Waals surface area contributed by atoms with E-state index in [-0.39, 0.29) is 29.8 Å². The Hall–Kier alpha value is -4.28. The number of rotatable bonds is 4. The molecule has 0 radical (unpaired) electrons. The van der Waals surface area contributed by atoms with Gasteiger partial charge in [-0.2, -0.15) is 0 Å². The third-order valence-corrected chi connectivity index (χ3v) is 8.34. The molecule has 1 fully saturated rings. The summed E-state index contributed by atoms with van der Waals surface area (Å²) < 4.78 is 40.6. The van der Waals surface area contributed by atoms with Crippen LogP contribution in [0.25, 0.3) is 22.3 Å². The molecular weight excluding hydrogens is 529 g/mol. The van der Waals surface area contributed by atoms with Crippen molar-refractivity contribution in [1.29, 1.82) is 0 Å². The van der Waals surface area contributed by atoms with E-state index >= 15 is 4.39 Å². The van der Waals surface area contributed by atoms with Crippen LogP contribution in [0.2, 0.25) is 0 Å². The number of allylic oxidation sites excluding steroid dienone is 1. The second-order valence-corrected chi connectivity index (χ2v) is 10.8. The number of aldehydes is 1. The zero-order chi connectivity index (χ0) is 28.6. The molecule has 206 valence electrons. The summed E-state index contributed by atoms with van der Waals surface area (Å²) >= 11 is 0. The van der Waals surface area contributed by atoms with Gasteiger partial charge in [0.2, 0.25) is 0 Å². The SMILES string of the molecule is CNC(=O)c1c(-c2ccc(F)cc2)oc2cc3c(cc12)C1CC1=CC(C)C(C=O)N3c1cc(F)c2c(c1)COB2O.